The molecule has 4 nitrogen and oxygen atoms in total. The van der Waals surface area contributed by atoms with E-state index in [2.05, 4.69) is 234 Å². The standard InChI is InChI=1S/C57H45N2O2S2/c1(2-10-30-56-58(36-38-60-52-28-16-24-44-22-12-14-26-48(44)52)50-40-46(32-34-54(50)62-56)42-18-6-4-7-19-42)3-11-31-57-59(37-39-61-53-29-17-25-45-23-13-15-27-49(45)53)51-41-47(33-35-55(51)63-57)43-20-8-5-9-21-43/h1-35,40-41H,36-39H2/q+1. The number of thioether (sulfide) groups is 1. The number of fused-ring (bicyclic) bond motifs is 4. The van der Waals surface area contributed by atoms with Crippen LogP contribution in [-0.2, 0) is 6.54 Å². The Bertz CT molecular complexity index is 3160. The maximum absolute atomic E-state index is 6.45. The van der Waals surface area contributed by atoms with Crippen LogP contribution in [0.25, 0.3) is 60.1 Å². The molecule has 0 radical (unpaired) electrons. The Morgan fingerprint density at radius 2 is 1.10 bits per heavy atom. The van der Waals surface area contributed by atoms with Crippen molar-refractivity contribution in [3.05, 3.63) is 228 Å². The molecule has 6 heteroatoms. The van der Waals surface area contributed by atoms with Crippen LogP contribution < -0.4 is 18.9 Å². The lowest BCUT2D eigenvalue weighted by molar-refractivity contribution is -0.669. The fraction of sp³-hybridized carbons (Fsp3) is 0.0702. The topological polar surface area (TPSA) is 25.6 Å². The number of hydrogen-bond acceptors (Lipinski definition) is 5. The summed E-state index contributed by atoms with van der Waals surface area (Å²) in [6.07, 6.45) is 15.0. The van der Waals surface area contributed by atoms with Crippen LogP contribution in [0.3, 0.4) is 0 Å². The summed E-state index contributed by atoms with van der Waals surface area (Å²) in [5.74, 6) is 1.82. The fourth-order valence-corrected chi connectivity index (χ4v) is 10.3. The summed E-state index contributed by atoms with van der Waals surface area (Å²) in [4.78, 5) is 3.63. The highest BCUT2D eigenvalue weighted by molar-refractivity contribution is 8.03. The van der Waals surface area contributed by atoms with Crippen molar-refractivity contribution in [2.24, 2.45) is 0 Å². The van der Waals surface area contributed by atoms with Gasteiger partial charge in [0.25, 0.3) is 5.01 Å². The molecule has 1 aromatic heterocycles. The zero-order chi connectivity index (χ0) is 42.2. The van der Waals surface area contributed by atoms with Crippen molar-refractivity contribution in [1.29, 1.82) is 0 Å². The van der Waals surface area contributed by atoms with E-state index in [1.807, 2.05) is 0 Å². The zero-order valence-electron chi connectivity index (χ0n) is 34.7. The number of ether oxygens (including phenoxy) is 2. The molecule has 8 aromatic carbocycles. The maximum Gasteiger partial charge on any atom is 0.262 e. The van der Waals surface area contributed by atoms with Crippen molar-refractivity contribution in [2.75, 3.05) is 24.7 Å². The van der Waals surface area contributed by atoms with Crippen molar-refractivity contribution in [3.63, 3.8) is 0 Å². The predicted molar refractivity (Wildman–Crippen MR) is 267 cm³/mol. The van der Waals surface area contributed by atoms with Crippen LogP contribution in [0.15, 0.2) is 228 Å². The van der Waals surface area contributed by atoms with E-state index < -0.39 is 0 Å². The molecule has 63 heavy (non-hydrogen) atoms. The lowest BCUT2D eigenvalue weighted by atomic mass is 10.0. The molecule has 0 N–H and O–H groups in total. The van der Waals surface area contributed by atoms with Gasteiger partial charge >= 0.3 is 0 Å². The average molecular weight is 854 g/mol. The van der Waals surface area contributed by atoms with Crippen LogP contribution in [0.1, 0.15) is 5.01 Å². The van der Waals surface area contributed by atoms with E-state index in [9.17, 15) is 0 Å². The smallest absolute Gasteiger partial charge is 0.262 e. The molecule has 0 bridgehead atoms. The quantitative estimate of drug-likeness (QED) is 0.0804. The van der Waals surface area contributed by atoms with E-state index in [0.29, 0.717) is 26.3 Å². The first-order chi connectivity index (χ1) is 31.2. The molecule has 1 aliphatic rings. The van der Waals surface area contributed by atoms with Gasteiger partial charge in [-0.25, -0.2) is 0 Å². The van der Waals surface area contributed by atoms with E-state index in [1.165, 1.54) is 63.9 Å². The average Bonchev–Trinajstić information content (AvgIpc) is 3.87. The molecule has 0 fully saturated rings. The Hall–Kier alpha value is -7.12. The molecule has 0 spiro atoms. The SMILES string of the molecule is C(/C=C/C=C/C=C/c1sc2ccc(-c3ccccc3)cc2[n+]1CCOc1cccc2ccccc12)=C1/Sc2ccc(-c3ccccc3)cc2N1CCOc1cccc2ccccc12. The van der Waals surface area contributed by atoms with Crippen LogP contribution in [0, 0.1) is 0 Å². The van der Waals surface area contributed by atoms with Crippen LogP contribution in [0.5, 0.6) is 11.5 Å². The summed E-state index contributed by atoms with van der Waals surface area (Å²) in [5.41, 5.74) is 7.23. The van der Waals surface area contributed by atoms with Crippen LogP contribution >= 0.6 is 23.1 Å². The number of allylic oxidation sites excluding steroid dienone is 6. The number of rotatable bonds is 14. The van der Waals surface area contributed by atoms with Gasteiger partial charge in [-0.15, -0.1) is 0 Å². The Labute approximate surface area is 377 Å². The van der Waals surface area contributed by atoms with Crippen molar-refractivity contribution in [3.8, 4) is 33.8 Å². The first-order valence-corrected chi connectivity index (χ1v) is 23.0. The second-order valence-corrected chi connectivity index (χ2v) is 17.4. The minimum atomic E-state index is 0.552. The van der Waals surface area contributed by atoms with Crippen molar-refractivity contribution in [1.82, 2.24) is 0 Å². The normalized spacial score (nSPS) is 13.4. The number of aromatic nitrogens is 1. The maximum atomic E-state index is 6.45. The number of hydrogen-bond donors (Lipinski definition) is 0. The van der Waals surface area contributed by atoms with Crippen molar-refractivity contribution in [2.45, 2.75) is 11.4 Å². The number of nitrogens with zero attached hydrogens (tertiary/aromatic N) is 2. The van der Waals surface area contributed by atoms with E-state index in [4.69, 9.17) is 9.47 Å². The molecular formula is C57H45N2O2S2+. The van der Waals surface area contributed by atoms with E-state index in [0.717, 1.165) is 22.3 Å². The highest BCUT2D eigenvalue weighted by atomic mass is 32.2. The third kappa shape index (κ3) is 8.96. The molecule has 9 aromatic rings. The summed E-state index contributed by atoms with van der Waals surface area (Å²) in [7, 11) is 0. The van der Waals surface area contributed by atoms with Crippen LogP contribution in [0.2, 0.25) is 0 Å². The zero-order valence-corrected chi connectivity index (χ0v) is 36.4. The van der Waals surface area contributed by atoms with Gasteiger partial charge in [-0.3, -0.25) is 0 Å². The van der Waals surface area contributed by atoms with Gasteiger partial charge < -0.3 is 14.4 Å². The predicted octanol–water partition coefficient (Wildman–Crippen LogP) is 14.6. The van der Waals surface area contributed by atoms with Crippen molar-refractivity contribution >= 4 is 66.6 Å². The van der Waals surface area contributed by atoms with Crippen LogP contribution in [-0.4, -0.2) is 19.8 Å². The van der Waals surface area contributed by atoms with Gasteiger partial charge in [0.15, 0.2) is 6.54 Å². The first kappa shape index (κ1) is 40.0. The minimum absolute atomic E-state index is 0.552. The second kappa shape index (κ2) is 18.9. The second-order valence-electron chi connectivity index (χ2n) is 15.2. The molecule has 0 atom stereocenters. The van der Waals surface area contributed by atoms with E-state index in [1.54, 1.807) is 23.1 Å². The lowest BCUT2D eigenvalue weighted by Gasteiger charge is -2.21. The van der Waals surface area contributed by atoms with Gasteiger partial charge in [0.05, 0.1) is 17.3 Å². The van der Waals surface area contributed by atoms with E-state index >= 15 is 0 Å². The lowest BCUT2D eigenvalue weighted by Crippen LogP contribution is -2.38. The van der Waals surface area contributed by atoms with Gasteiger partial charge in [0.1, 0.15) is 29.4 Å². The van der Waals surface area contributed by atoms with Gasteiger partial charge in [-0.1, -0.05) is 199 Å². The molecule has 306 valence electrons. The Morgan fingerprint density at radius 3 is 1.81 bits per heavy atom. The fourth-order valence-electron chi connectivity index (χ4n) is 8.14. The molecule has 0 saturated carbocycles. The third-order valence-electron chi connectivity index (χ3n) is 11.2. The molecular weight excluding hydrogens is 809 g/mol. The largest absolute Gasteiger partial charge is 0.491 e. The van der Waals surface area contributed by atoms with E-state index in [-0.39, 0.29) is 0 Å². The third-order valence-corrected chi connectivity index (χ3v) is 13.5. The number of thiazole rings is 1. The minimum Gasteiger partial charge on any atom is -0.491 e. The summed E-state index contributed by atoms with van der Waals surface area (Å²) in [6, 6.07) is 64.0. The number of benzene rings is 8. The van der Waals surface area contributed by atoms with Crippen molar-refractivity contribution < 1.29 is 14.0 Å². The van der Waals surface area contributed by atoms with Crippen LogP contribution in [0.4, 0.5) is 5.69 Å². The highest BCUT2D eigenvalue weighted by Crippen LogP contribution is 2.47. The summed E-state index contributed by atoms with van der Waals surface area (Å²) >= 11 is 3.60. The molecule has 0 aliphatic carbocycles. The Balaban J connectivity index is 0.870. The number of anilines is 1. The van der Waals surface area contributed by atoms with Gasteiger partial charge in [-0.05, 0) is 69.4 Å². The molecule has 0 unspecified atom stereocenters. The summed E-state index contributed by atoms with van der Waals surface area (Å²) in [6.45, 7) is 2.54. The van der Waals surface area contributed by atoms with Gasteiger partial charge in [0.2, 0.25) is 5.52 Å². The molecule has 2 heterocycles. The molecule has 0 saturated heterocycles. The van der Waals surface area contributed by atoms with Gasteiger partial charge in [-0.2, -0.15) is 4.57 Å². The summed E-state index contributed by atoms with van der Waals surface area (Å²) in [5, 5.41) is 6.97. The monoisotopic (exact) mass is 853 g/mol. The Kier molecular flexibility index (Phi) is 12.0. The molecule has 10 rings (SSSR count). The molecule has 0 amide bonds. The molecule has 1 aliphatic heterocycles. The highest BCUT2D eigenvalue weighted by Gasteiger charge is 2.25. The first-order valence-electron chi connectivity index (χ1n) is 21.3. The van der Waals surface area contributed by atoms with Gasteiger partial charge in [0, 0.05) is 27.8 Å². The summed E-state index contributed by atoms with van der Waals surface area (Å²) < 4.78 is 16.5. The Morgan fingerprint density at radius 1 is 0.508 bits per heavy atom.